The molecular formula is C14H21NO. The molecule has 0 saturated heterocycles. The molecule has 0 bridgehead atoms. The van der Waals surface area contributed by atoms with E-state index in [4.69, 9.17) is 4.42 Å². The minimum Gasteiger partial charge on any atom is -0.468 e. The van der Waals surface area contributed by atoms with E-state index in [1.807, 2.05) is 18.2 Å². The predicted molar refractivity (Wildman–Crippen MR) is 66.3 cm³/mol. The maximum atomic E-state index is 5.48. The first-order valence-corrected chi connectivity index (χ1v) is 6.30. The molecule has 1 fully saturated rings. The van der Waals surface area contributed by atoms with E-state index in [0.29, 0.717) is 12.1 Å². The van der Waals surface area contributed by atoms with Crippen molar-refractivity contribution in [2.75, 3.05) is 0 Å². The molecule has 1 N–H and O–H groups in total. The van der Waals surface area contributed by atoms with Crippen LogP contribution in [0.2, 0.25) is 0 Å². The van der Waals surface area contributed by atoms with E-state index in [0.717, 1.165) is 12.2 Å². The topological polar surface area (TPSA) is 25.2 Å². The minimum atomic E-state index is 0.301. The first-order valence-electron chi connectivity index (χ1n) is 6.30. The average Bonchev–Trinajstić information content (AvgIpc) is 2.83. The van der Waals surface area contributed by atoms with Crippen molar-refractivity contribution in [2.24, 2.45) is 0 Å². The molecule has 0 amide bonds. The van der Waals surface area contributed by atoms with Gasteiger partial charge in [0.15, 0.2) is 0 Å². The van der Waals surface area contributed by atoms with Crippen molar-refractivity contribution in [1.82, 2.24) is 5.32 Å². The second-order valence-electron chi connectivity index (χ2n) is 4.59. The molecule has 1 aliphatic rings. The van der Waals surface area contributed by atoms with Crippen molar-refractivity contribution < 1.29 is 4.42 Å². The van der Waals surface area contributed by atoms with Crippen molar-refractivity contribution in [1.29, 1.82) is 0 Å². The van der Waals surface area contributed by atoms with E-state index in [2.05, 4.69) is 11.9 Å². The van der Waals surface area contributed by atoms with Gasteiger partial charge in [0.2, 0.25) is 0 Å². The fourth-order valence-electron chi connectivity index (χ4n) is 2.48. The molecule has 0 aliphatic heterocycles. The zero-order valence-corrected chi connectivity index (χ0v) is 9.82. The lowest BCUT2D eigenvalue weighted by molar-refractivity contribution is 0.313. The Bertz CT molecular complexity index is 299. The van der Waals surface area contributed by atoms with Crippen LogP contribution in [0.5, 0.6) is 0 Å². The van der Waals surface area contributed by atoms with Crippen LogP contribution in [-0.4, -0.2) is 6.04 Å². The van der Waals surface area contributed by atoms with Gasteiger partial charge in [-0.25, -0.2) is 0 Å². The maximum Gasteiger partial charge on any atom is 0.120 e. The Labute approximate surface area is 97.7 Å². The third-order valence-corrected chi connectivity index (χ3v) is 3.33. The Morgan fingerprint density at radius 1 is 1.44 bits per heavy atom. The van der Waals surface area contributed by atoms with Gasteiger partial charge in [-0.1, -0.05) is 25.3 Å². The zero-order valence-electron chi connectivity index (χ0n) is 9.82. The van der Waals surface area contributed by atoms with Crippen LogP contribution in [0.1, 0.15) is 50.3 Å². The van der Waals surface area contributed by atoms with Crippen LogP contribution < -0.4 is 5.32 Å². The summed E-state index contributed by atoms with van der Waals surface area (Å²) in [6.45, 7) is 3.82. The Morgan fingerprint density at radius 2 is 2.25 bits per heavy atom. The Hall–Kier alpha value is -1.02. The molecule has 1 saturated carbocycles. The van der Waals surface area contributed by atoms with Crippen molar-refractivity contribution >= 4 is 0 Å². The summed E-state index contributed by atoms with van der Waals surface area (Å²) >= 11 is 0. The van der Waals surface area contributed by atoms with Crippen molar-refractivity contribution in [3.63, 3.8) is 0 Å². The molecule has 2 rings (SSSR count). The highest BCUT2D eigenvalue weighted by molar-refractivity contribution is 5.06. The Kier molecular flexibility index (Phi) is 4.23. The summed E-state index contributed by atoms with van der Waals surface area (Å²) in [5, 5.41) is 3.69. The van der Waals surface area contributed by atoms with Crippen LogP contribution in [0, 0.1) is 0 Å². The summed E-state index contributed by atoms with van der Waals surface area (Å²) in [5.41, 5.74) is 0. The van der Waals surface area contributed by atoms with Crippen LogP contribution >= 0.6 is 0 Å². The fourth-order valence-corrected chi connectivity index (χ4v) is 2.48. The largest absolute Gasteiger partial charge is 0.468 e. The van der Waals surface area contributed by atoms with Gasteiger partial charge in [0, 0.05) is 6.04 Å². The lowest BCUT2D eigenvalue weighted by Gasteiger charge is -2.27. The van der Waals surface area contributed by atoms with E-state index in [9.17, 15) is 0 Å². The van der Waals surface area contributed by atoms with Gasteiger partial charge in [0.05, 0.1) is 12.3 Å². The van der Waals surface area contributed by atoms with Crippen molar-refractivity contribution in [3.05, 3.63) is 36.8 Å². The number of nitrogens with one attached hydrogen (secondary N) is 1. The van der Waals surface area contributed by atoms with Crippen LogP contribution in [-0.2, 0) is 0 Å². The molecule has 2 nitrogen and oxygen atoms in total. The molecule has 1 aliphatic carbocycles. The molecule has 0 spiro atoms. The van der Waals surface area contributed by atoms with E-state index in [1.54, 1.807) is 6.26 Å². The molecule has 88 valence electrons. The summed E-state index contributed by atoms with van der Waals surface area (Å²) in [7, 11) is 0. The summed E-state index contributed by atoms with van der Waals surface area (Å²) in [6, 6.07) is 4.96. The molecule has 16 heavy (non-hydrogen) atoms. The zero-order chi connectivity index (χ0) is 11.2. The predicted octanol–water partition coefficient (Wildman–Crippen LogP) is 3.82. The average molecular weight is 219 g/mol. The van der Waals surface area contributed by atoms with Crippen LogP contribution in [0.15, 0.2) is 35.5 Å². The first-order chi connectivity index (χ1) is 7.90. The van der Waals surface area contributed by atoms with Crippen LogP contribution in [0.3, 0.4) is 0 Å². The molecule has 0 unspecified atom stereocenters. The standard InChI is InChI=1S/C14H21NO/c1-2-7-13(14-10-6-11-16-14)15-12-8-4-3-5-9-12/h2,6,10-13,15H,1,3-5,7-9H2/t13-/m0/s1. The van der Waals surface area contributed by atoms with Gasteiger partial charge in [-0.2, -0.15) is 0 Å². The molecule has 1 atom stereocenters. The number of hydrogen-bond acceptors (Lipinski definition) is 2. The molecule has 0 radical (unpaired) electrons. The van der Waals surface area contributed by atoms with Gasteiger partial charge in [-0.05, 0) is 31.4 Å². The second kappa shape index (κ2) is 5.90. The maximum absolute atomic E-state index is 5.48. The highest BCUT2D eigenvalue weighted by Crippen LogP contribution is 2.23. The van der Waals surface area contributed by atoms with Gasteiger partial charge in [0.1, 0.15) is 5.76 Å². The summed E-state index contributed by atoms with van der Waals surface area (Å²) in [5.74, 6) is 1.03. The number of furan rings is 1. The van der Waals surface area contributed by atoms with Gasteiger partial charge < -0.3 is 9.73 Å². The van der Waals surface area contributed by atoms with Crippen molar-refractivity contribution in [2.45, 2.75) is 50.6 Å². The molecule has 2 heteroatoms. The van der Waals surface area contributed by atoms with E-state index >= 15 is 0 Å². The summed E-state index contributed by atoms with van der Waals surface area (Å²) in [6.07, 6.45) is 11.3. The third-order valence-electron chi connectivity index (χ3n) is 3.33. The summed E-state index contributed by atoms with van der Waals surface area (Å²) < 4.78 is 5.48. The Morgan fingerprint density at radius 3 is 2.88 bits per heavy atom. The van der Waals surface area contributed by atoms with Crippen LogP contribution in [0.4, 0.5) is 0 Å². The molecule has 1 aromatic heterocycles. The number of rotatable bonds is 5. The minimum absolute atomic E-state index is 0.301. The summed E-state index contributed by atoms with van der Waals surface area (Å²) in [4.78, 5) is 0. The molecule has 1 heterocycles. The van der Waals surface area contributed by atoms with E-state index in [-0.39, 0.29) is 0 Å². The highest BCUT2D eigenvalue weighted by atomic mass is 16.3. The van der Waals surface area contributed by atoms with E-state index in [1.165, 1.54) is 32.1 Å². The highest BCUT2D eigenvalue weighted by Gasteiger charge is 2.19. The fraction of sp³-hybridized carbons (Fsp3) is 0.571. The normalized spacial score (nSPS) is 19.5. The SMILES string of the molecule is C=CC[C@H](NC1CCCCC1)c1ccco1. The third kappa shape index (κ3) is 2.99. The second-order valence-corrected chi connectivity index (χ2v) is 4.59. The molecular weight excluding hydrogens is 198 g/mol. The monoisotopic (exact) mass is 219 g/mol. The van der Waals surface area contributed by atoms with Gasteiger partial charge in [-0.3, -0.25) is 0 Å². The van der Waals surface area contributed by atoms with Crippen LogP contribution in [0.25, 0.3) is 0 Å². The van der Waals surface area contributed by atoms with Gasteiger partial charge >= 0.3 is 0 Å². The first kappa shape index (κ1) is 11.5. The smallest absolute Gasteiger partial charge is 0.120 e. The molecule has 1 aromatic rings. The van der Waals surface area contributed by atoms with Gasteiger partial charge in [0.25, 0.3) is 0 Å². The quantitative estimate of drug-likeness (QED) is 0.762. The van der Waals surface area contributed by atoms with Crippen molar-refractivity contribution in [3.8, 4) is 0 Å². The van der Waals surface area contributed by atoms with Gasteiger partial charge in [-0.15, -0.1) is 6.58 Å². The lowest BCUT2D eigenvalue weighted by Crippen LogP contribution is -2.34. The molecule has 0 aromatic carbocycles. The van der Waals surface area contributed by atoms with E-state index < -0.39 is 0 Å². The Balaban J connectivity index is 1.94. The number of hydrogen-bond donors (Lipinski definition) is 1. The lowest BCUT2D eigenvalue weighted by atomic mass is 9.94.